The Morgan fingerprint density at radius 1 is 1.03 bits per heavy atom. The number of nitrogens with zero attached hydrogens (tertiary/aromatic N) is 3. The number of H-pyrrole nitrogens is 2. The van der Waals surface area contributed by atoms with Gasteiger partial charge in [-0.1, -0.05) is 45.0 Å². The minimum atomic E-state index is -0.0505. The van der Waals surface area contributed by atoms with Gasteiger partial charge in [0.05, 0.1) is 17.1 Å². The number of aromatic amines is 2. The summed E-state index contributed by atoms with van der Waals surface area (Å²) in [5.41, 5.74) is 8.91. The van der Waals surface area contributed by atoms with Crippen LogP contribution >= 0.6 is 0 Å². The Hall–Kier alpha value is -3.47. The van der Waals surface area contributed by atoms with E-state index in [9.17, 15) is 0 Å². The Kier molecular flexibility index (Phi) is 3.70. The molecule has 2 aliphatic rings. The van der Waals surface area contributed by atoms with Crippen LogP contribution in [-0.4, -0.2) is 26.2 Å². The van der Waals surface area contributed by atoms with Gasteiger partial charge < -0.3 is 9.97 Å². The lowest BCUT2D eigenvalue weighted by Crippen LogP contribution is -2.18. The highest BCUT2D eigenvalue weighted by Crippen LogP contribution is 2.49. The molecule has 2 unspecified atom stereocenters. The molecule has 0 saturated carbocycles. The van der Waals surface area contributed by atoms with Crippen molar-refractivity contribution in [2.24, 2.45) is 4.99 Å². The number of aromatic nitrogens is 4. The zero-order valence-corrected chi connectivity index (χ0v) is 18.2. The largest absolute Gasteiger partial charge is 0.357 e. The number of allylic oxidation sites excluding steroid dienone is 1. The van der Waals surface area contributed by atoms with Crippen molar-refractivity contribution in [3.63, 3.8) is 0 Å². The van der Waals surface area contributed by atoms with E-state index in [-0.39, 0.29) is 17.4 Å². The lowest BCUT2D eigenvalue weighted by Gasteiger charge is -2.28. The maximum atomic E-state index is 5.18. The molecule has 1 aliphatic carbocycles. The first-order chi connectivity index (χ1) is 14.9. The minimum Gasteiger partial charge on any atom is -0.357 e. The van der Waals surface area contributed by atoms with Crippen LogP contribution in [0.5, 0.6) is 0 Å². The molecule has 5 heteroatoms. The summed E-state index contributed by atoms with van der Waals surface area (Å²) in [6, 6.07) is 10.6. The number of nitrogens with one attached hydrogen (secondary N) is 2. The van der Waals surface area contributed by atoms with E-state index in [1.807, 2.05) is 24.6 Å². The number of pyridine rings is 1. The summed E-state index contributed by atoms with van der Waals surface area (Å²) in [6.45, 7) is 8.88. The van der Waals surface area contributed by atoms with Gasteiger partial charge in [0.1, 0.15) is 11.9 Å². The second-order valence-corrected chi connectivity index (χ2v) is 9.56. The van der Waals surface area contributed by atoms with Gasteiger partial charge in [-0.05, 0) is 30.7 Å². The number of fused-ring (bicyclic) bond motifs is 7. The molecular formula is C26H25N5. The fourth-order valence-electron chi connectivity index (χ4n) is 4.98. The summed E-state index contributed by atoms with van der Waals surface area (Å²) in [4.78, 5) is 22.1. The van der Waals surface area contributed by atoms with Crippen molar-refractivity contribution in [1.82, 2.24) is 19.9 Å². The van der Waals surface area contributed by atoms with Crippen LogP contribution in [0.1, 0.15) is 55.4 Å². The van der Waals surface area contributed by atoms with Gasteiger partial charge >= 0.3 is 0 Å². The lowest BCUT2D eigenvalue weighted by atomic mass is 9.82. The van der Waals surface area contributed by atoms with E-state index in [0.29, 0.717) is 0 Å². The first-order valence-corrected chi connectivity index (χ1v) is 10.8. The highest BCUT2D eigenvalue weighted by Gasteiger charge is 2.37. The maximum Gasteiger partial charge on any atom is 0.140 e. The normalized spacial score (nSPS) is 19.4. The zero-order chi connectivity index (χ0) is 21.3. The quantitative estimate of drug-likeness (QED) is 0.406. The molecule has 2 N–H and O–H groups in total. The summed E-state index contributed by atoms with van der Waals surface area (Å²) in [7, 11) is 0. The van der Waals surface area contributed by atoms with Crippen LogP contribution in [0, 0.1) is 6.92 Å². The van der Waals surface area contributed by atoms with Crippen LogP contribution in [0.25, 0.3) is 33.5 Å². The van der Waals surface area contributed by atoms with Gasteiger partial charge in [0, 0.05) is 51.5 Å². The summed E-state index contributed by atoms with van der Waals surface area (Å²) >= 11 is 0. The summed E-state index contributed by atoms with van der Waals surface area (Å²) < 4.78 is 0. The average Bonchev–Trinajstić information content (AvgIpc) is 3.37. The number of dihydropyridines is 1. The van der Waals surface area contributed by atoms with Gasteiger partial charge in [0.25, 0.3) is 0 Å². The van der Waals surface area contributed by atoms with Gasteiger partial charge in [0.2, 0.25) is 0 Å². The van der Waals surface area contributed by atoms with Crippen molar-refractivity contribution in [2.45, 2.75) is 45.1 Å². The Balaban J connectivity index is 1.65. The molecular weight excluding hydrogens is 382 g/mol. The molecule has 1 aromatic carbocycles. The van der Waals surface area contributed by atoms with Crippen LogP contribution in [0.15, 0.2) is 53.7 Å². The summed E-state index contributed by atoms with van der Waals surface area (Å²) in [5.74, 6) is 1.03. The maximum absolute atomic E-state index is 5.18. The number of imidazole rings is 1. The predicted octanol–water partition coefficient (Wildman–Crippen LogP) is 6.00. The summed E-state index contributed by atoms with van der Waals surface area (Å²) in [5, 5.41) is 1.20. The van der Waals surface area contributed by atoms with Gasteiger partial charge in [-0.25, -0.2) is 4.98 Å². The molecule has 2 atom stereocenters. The molecule has 4 aromatic rings. The number of hydrogen-bond acceptors (Lipinski definition) is 3. The molecule has 1 aliphatic heterocycles. The number of benzene rings is 1. The number of aliphatic imine (C=N–C) groups is 1. The van der Waals surface area contributed by atoms with Gasteiger partial charge in [-0.2, -0.15) is 0 Å². The first kappa shape index (κ1) is 18.3. The van der Waals surface area contributed by atoms with E-state index in [1.165, 1.54) is 22.2 Å². The highest BCUT2D eigenvalue weighted by molar-refractivity contribution is 5.98. The van der Waals surface area contributed by atoms with Crippen LogP contribution in [0.3, 0.4) is 0 Å². The van der Waals surface area contributed by atoms with Crippen LogP contribution in [-0.2, 0) is 5.41 Å². The van der Waals surface area contributed by atoms with Crippen LogP contribution in [0.2, 0.25) is 0 Å². The number of aryl methyl sites for hydroxylation is 1. The van der Waals surface area contributed by atoms with Crippen molar-refractivity contribution in [3.05, 3.63) is 71.3 Å². The molecule has 6 rings (SSSR count). The molecule has 0 radical (unpaired) electrons. The summed E-state index contributed by atoms with van der Waals surface area (Å²) in [6.07, 6.45) is 7.96. The third kappa shape index (κ3) is 2.59. The van der Waals surface area contributed by atoms with Crippen molar-refractivity contribution in [2.75, 3.05) is 0 Å². The Bertz CT molecular complexity index is 1390. The van der Waals surface area contributed by atoms with Gasteiger partial charge in [-0.3, -0.25) is 9.98 Å². The van der Waals surface area contributed by atoms with E-state index in [0.717, 1.165) is 34.0 Å². The first-order valence-electron chi connectivity index (χ1n) is 10.8. The molecule has 4 heterocycles. The van der Waals surface area contributed by atoms with Crippen LogP contribution < -0.4 is 0 Å². The van der Waals surface area contributed by atoms with E-state index >= 15 is 0 Å². The third-order valence-electron chi connectivity index (χ3n) is 6.46. The van der Waals surface area contributed by atoms with Gasteiger partial charge in [-0.15, -0.1) is 0 Å². The van der Waals surface area contributed by atoms with E-state index < -0.39 is 0 Å². The SMILES string of the molecule is Cc1cccc2c(-c3nc4c([nH]3)C3C=CC=NC3c3ncccc3-4)c(C(C)(C)C)[nH]c12. The second-order valence-electron chi connectivity index (χ2n) is 9.56. The highest BCUT2D eigenvalue weighted by atomic mass is 15.0. The Morgan fingerprint density at radius 3 is 2.74 bits per heavy atom. The van der Waals surface area contributed by atoms with Crippen molar-refractivity contribution >= 4 is 17.1 Å². The monoisotopic (exact) mass is 407 g/mol. The van der Waals surface area contributed by atoms with Crippen LogP contribution in [0.4, 0.5) is 0 Å². The molecule has 3 aromatic heterocycles. The third-order valence-corrected chi connectivity index (χ3v) is 6.46. The van der Waals surface area contributed by atoms with E-state index in [4.69, 9.17) is 9.98 Å². The van der Waals surface area contributed by atoms with Gasteiger partial charge in [0.15, 0.2) is 0 Å². The van der Waals surface area contributed by atoms with Crippen molar-refractivity contribution in [1.29, 1.82) is 0 Å². The molecule has 0 fully saturated rings. The Labute approximate surface area is 181 Å². The van der Waals surface area contributed by atoms with E-state index in [2.05, 4.69) is 73.0 Å². The molecule has 31 heavy (non-hydrogen) atoms. The fourth-order valence-corrected chi connectivity index (χ4v) is 4.98. The van der Waals surface area contributed by atoms with E-state index in [1.54, 1.807) is 0 Å². The molecule has 0 bridgehead atoms. The smallest absolute Gasteiger partial charge is 0.140 e. The number of rotatable bonds is 1. The number of hydrogen-bond donors (Lipinski definition) is 2. The van der Waals surface area contributed by atoms with Crippen molar-refractivity contribution in [3.8, 4) is 22.6 Å². The molecule has 5 nitrogen and oxygen atoms in total. The predicted molar refractivity (Wildman–Crippen MR) is 126 cm³/mol. The molecule has 154 valence electrons. The fraction of sp³-hybridized carbons (Fsp3) is 0.269. The lowest BCUT2D eigenvalue weighted by molar-refractivity contribution is 0.575. The molecule has 0 spiro atoms. The minimum absolute atomic E-state index is 0.00528. The number of para-hydroxylation sites is 1. The molecule has 0 amide bonds. The topological polar surface area (TPSA) is 69.7 Å². The Morgan fingerprint density at radius 2 is 1.90 bits per heavy atom. The van der Waals surface area contributed by atoms with Crippen molar-refractivity contribution < 1.29 is 0 Å². The molecule has 0 saturated heterocycles. The second kappa shape index (κ2) is 6.27. The standard InChI is InChI=1S/C26H25N5/c1-14-8-5-9-15-18(24(26(2,3)4)29-19(14)15)25-30-22-16-10-6-12-27-20(16)21-17(23(22)31-25)11-7-13-28-21/h5-13,16,20,29H,1-4H3,(H,30,31). The average molecular weight is 408 g/mol. The zero-order valence-electron chi connectivity index (χ0n) is 18.2.